The molecule has 0 unspecified atom stereocenters. The van der Waals surface area contributed by atoms with Crippen molar-refractivity contribution in [1.82, 2.24) is 10.3 Å². The largest absolute Gasteiger partial charge is 0.342 e. The van der Waals surface area contributed by atoms with Crippen LogP contribution < -0.4 is 10.6 Å². The fourth-order valence-electron chi connectivity index (χ4n) is 2.05. The molecule has 2 aromatic rings. The molecular formula is C17H19N3O2. The average Bonchev–Trinajstić information content (AvgIpc) is 2.53. The Morgan fingerprint density at radius 1 is 1.05 bits per heavy atom. The van der Waals surface area contributed by atoms with Crippen molar-refractivity contribution in [3.8, 4) is 0 Å². The second-order valence-electron chi connectivity index (χ2n) is 5.20. The molecule has 2 rings (SSSR count). The zero-order valence-electron chi connectivity index (χ0n) is 12.7. The number of rotatable bonds is 4. The summed E-state index contributed by atoms with van der Waals surface area (Å²) in [6.45, 7) is 4.29. The highest BCUT2D eigenvalue weighted by molar-refractivity contribution is 6.39. The van der Waals surface area contributed by atoms with Gasteiger partial charge in [0.1, 0.15) is 0 Å². The number of para-hydroxylation sites is 1. The molecule has 1 heterocycles. The first-order valence-electron chi connectivity index (χ1n) is 7.16. The Morgan fingerprint density at radius 3 is 2.45 bits per heavy atom. The van der Waals surface area contributed by atoms with E-state index in [-0.39, 0.29) is 12.5 Å². The molecule has 1 aromatic carbocycles. The topological polar surface area (TPSA) is 71.1 Å². The van der Waals surface area contributed by atoms with E-state index in [1.165, 1.54) is 0 Å². The molecule has 0 radical (unpaired) electrons. The summed E-state index contributed by atoms with van der Waals surface area (Å²) in [5.41, 5.74) is 2.36. The Morgan fingerprint density at radius 2 is 1.77 bits per heavy atom. The maximum absolute atomic E-state index is 12.0. The smallest absolute Gasteiger partial charge is 0.313 e. The third-order valence-electron chi connectivity index (χ3n) is 3.19. The lowest BCUT2D eigenvalue weighted by molar-refractivity contribution is -0.136. The lowest BCUT2D eigenvalue weighted by atomic mass is 10.0. The molecule has 0 saturated heterocycles. The van der Waals surface area contributed by atoms with Gasteiger partial charge in [-0.25, -0.2) is 0 Å². The summed E-state index contributed by atoms with van der Waals surface area (Å²) in [6.07, 6.45) is 1.64. The van der Waals surface area contributed by atoms with Crippen LogP contribution >= 0.6 is 0 Å². The van der Waals surface area contributed by atoms with Crippen LogP contribution in [-0.4, -0.2) is 16.8 Å². The molecule has 0 fully saturated rings. The molecule has 0 atom stereocenters. The van der Waals surface area contributed by atoms with Gasteiger partial charge in [0.2, 0.25) is 0 Å². The van der Waals surface area contributed by atoms with Gasteiger partial charge in [-0.15, -0.1) is 0 Å². The Kier molecular flexibility index (Phi) is 5.25. The van der Waals surface area contributed by atoms with Gasteiger partial charge in [0.05, 0.1) is 12.2 Å². The first-order valence-corrected chi connectivity index (χ1v) is 7.16. The van der Waals surface area contributed by atoms with Gasteiger partial charge in [-0.05, 0) is 29.7 Å². The molecule has 2 N–H and O–H groups in total. The van der Waals surface area contributed by atoms with Gasteiger partial charge in [-0.1, -0.05) is 38.1 Å². The number of nitrogens with zero attached hydrogens (tertiary/aromatic N) is 1. The lowest BCUT2D eigenvalue weighted by Crippen LogP contribution is -2.35. The van der Waals surface area contributed by atoms with Crippen LogP contribution in [0.25, 0.3) is 0 Å². The summed E-state index contributed by atoms with van der Waals surface area (Å²) >= 11 is 0. The van der Waals surface area contributed by atoms with E-state index >= 15 is 0 Å². The van der Waals surface area contributed by atoms with Gasteiger partial charge in [0, 0.05) is 11.9 Å². The van der Waals surface area contributed by atoms with Gasteiger partial charge in [-0.2, -0.15) is 0 Å². The van der Waals surface area contributed by atoms with E-state index in [1.807, 2.05) is 38.1 Å². The average molecular weight is 297 g/mol. The first-order chi connectivity index (χ1) is 10.6. The summed E-state index contributed by atoms with van der Waals surface area (Å²) in [5.74, 6) is -1.10. The van der Waals surface area contributed by atoms with Crippen LogP contribution in [0.1, 0.15) is 31.0 Å². The fourth-order valence-corrected chi connectivity index (χ4v) is 2.05. The normalized spacial score (nSPS) is 10.3. The van der Waals surface area contributed by atoms with E-state index in [1.54, 1.807) is 24.4 Å². The van der Waals surface area contributed by atoms with Gasteiger partial charge in [0.25, 0.3) is 0 Å². The Balaban J connectivity index is 1.96. The van der Waals surface area contributed by atoms with E-state index in [0.717, 1.165) is 5.56 Å². The molecule has 22 heavy (non-hydrogen) atoms. The van der Waals surface area contributed by atoms with E-state index in [4.69, 9.17) is 0 Å². The third-order valence-corrected chi connectivity index (χ3v) is 3.19. The monoisotopic (exact) mass is 297 g/mol. The molecule has 0 aliphatic carbocycles. The van der Waals surface area contributed by atoms with Crippen molar-refractivity contribution >= 4 is 17.5 Å². The first kappa shape index (κ1) is 15.7. The van der Waals surface area contributed by atoms with Crippen molar-refractivity contribution < 1.29 is 9.59 Å². The van der Waals surface area contributed by atoms with Crippen LogP contribution in [0, 0.1) is 0 Å². The minimum atomic E-state index is -0.677. The second kappa shape index (κ2) is 7.36. The predicted molar refractivity (Wildman–Crippen MR) is 85.2 cm³/mol. The number of aromatic nitrogens is 1. The van der Waals surface area contributed by atoms with Crippen molar-refractivity contribution in [2.75, 3.05) is 5.32 Å². The van der Waals surface area contributed by atoms with Crippen LogP contribution in [-0.2, 0) is 16.1 Å². The standard InChI is InChI=1S/C17H19N3O2/c1-12(2)14-8-3-4-9-15(14)20-17(22)16(21)19-11-13-7-5-6-10-18-13/h3-10,12H,11H2,1-2H3,(H,19,21)(H,20,22). The molecular weight excluding hydrogens is 278 g/mol. The summed E-state index contributed by atoms with van der Waals surface area (Å²) in [5, 5.41) is 5.21. The second-order valence-corrected chi connectivity index (χ2v) is 5.20. The third kappa shape index (κ3) is 4.15. The van der Waals surface area contributed by atoms with Crippen molar-refractivity contribution in [2.24, 2.45) is 0 Å². The van der Waals surface area contributed by atoms with Crippen LogP contribution in [0.2, 0.25) is 0 Å². The van der Waals surface area contributed by atoms with Gasteiger partial charge >= 0.3 is 11.8 Å². The molecule has 0 spiro atoms. The lowest BCUT2D eigenvalue weighted by Gasteiger charge is -2.13. The molecule has 0 bridgehead atoms. The summed E-state index contributed by atoms with van der Waals surface area (Å²) < 4.78 is 0. The maximum atomic E-state index is 12.0. The molecule has 1 aromatic heterocycles. The van der Waals surface area contributed by atoms with Gasteiger partial charge in [-0.3, -0.25) is 14.6 Å². The SMILES string of the molecule is CC(C)c1ccccc1NC(=O)C(=O)NCc1ccccn1. The van der Waals surface area contributed by atoms with Crippen LogP contribution in [0.15, 0.2) is 48.7 Å². The predicted octanol–water partition coefficient (Wildman–Crippen LogP) is 2.46. The minimum Gasteiger partial charge on any atom is -0.342 e. The quantitative estimate of drug-likeness (QED) is 0.852. The number of hydrogen-bond donors (Lipinski definition) is 2. The minimum absolute atomic E-state index is 0.221. The van der Waals surface area contributed by atoms with Crippen LogP contribution in [0.3, 0.4) is 0 Å². The number of hydrogen-bond acceptors (Lipinski definition) is 3. The Labute approximate surface area is 129 Å². The maximum Gasteiger partial charge on any atom is 0.313 e. The van der Waals surface area contributed by atoms with Crippen LogP contribution in [0.4, 0.5) is 5.69 Å². The summed E-state index contributed by atoms with van der Waals surface area (Å²) in [4.78, 5) is 27.9. The fraction of sp³-hybridized carbons (Fsp3) is 0.235. The number of nitrogens with one attached hydrogen (secondary N) is 2. The molecule has 0 aliphatic rings. The highest BCUT2D eigenvalue weighted by Gasteiger charge is 2.15. The Bertz CT molecular complexity index is 654. The number of benzene rings is 1. The van der Waals surface area contributed by atoms with E-state index in [0.29, 0.717) is 11.4 Å². The summed E-state index contributed by atoms with van der Waals surface area (Å²) in [6, 6.07) is 12.9. The van der Waals surface area contributed by atoms with Crippen molar-refractivity contribution in [2.45, 2.75) is 26.3 Å². The van der Waals surface area contributed by atoms with E-state index < -0.39 is 11.8 Å². The number of amides is 2. The summed E-state index contributed by atoms with van der Waals surface area (Å²) in [7, 11) is 0. The Hall–Kier alpha value is -2.69. The molecule has 0 aliphatic heterocycles. The highest BCUT2D eigenvalue weighted by atomic mass is 16.2. The van der Waals surface area contributed by atoms with E-state index in [9.17, 15) is 9.59 Å². The highest BCUT2D eigenvalue weighted by Crippen LogP contribution is 2.23. The number of carbonyl (C=O) groups excluding carboxylic acids is 2. The number of pyridine rings is 1. The molecule has 5 nitrogen and oxygen atoms in total. The van der Waals surface area contributed by atoms with E-state index in [2.05, 4.69) is 15.6 Å². The zero-order chi connectivity index (χ0) is 15.9. The number of carbonyl (C=O) groups is 2. The zero-order valence-corrected chi connectivity index (χ0v) is 12.7. The molecule has 2 amide bonds. The molecule has 0 saturated carbocycles. The number of anilines is 1. The van der Waals surface area contributed by atoms with Gasteiger partial charge < -0.3 is 10.6 Å². The molecule has 5 heteroatoms. The van der Waals surface area contributed by atoms with Crippen LogP contribution in [0.5, 0.6) is 0 Å². The van der Waals surface area contributed by atoms with Crippen molar-refractivity contribution in [3.05, 3.63) is 59.9 Å². The molecule has 114 valence electrons. The van der Waals surface area contributed by atoms with Crippen molar-refractivity contribution in [1.29, 1.82) is 0 Å². The van der Waals surface area contributed by atoms with Gasteiger partial charge in [0.15, 0.2) is 0 Å². The van der Waals surface area contributed by atoms with Crippen molar-refractivity contribution in [3.63, 3.8) is 0 Å².